The third-order valence-electron chi connectivity index (χ3n) is 0.746. The van der Waals surface area contributed by atoms with E-state index in [1.807, 2.05) is 11.4 Å². The number of nitrogens with zero attached hydrogens (tertiary/aromatic N) is 1. The average molecular weight is 204 g/mol. The van der Waals surface area contributed by atoms with Crippen LogP contribution < -0.4 is 0 Å². The van der Waals surface area contributed by atoms with E-state index in [0.717, 1.165) is 4.47 Å². The minimum absolute atomic E-state index is 0.671. The molecule has 1 aromatic rings. The van der Waals surface area contributed by atoms with Crippen molar-refractivity contribution in [2.24, 2.45) is 4.99 Å². The molecule has 0 aliphatic rings. The second-order valence-electron chi connectivity index (χ2n) is 1.28. The van der Waals surface area contributed by atoms with E-state index in [4.69, 9.17) is 0 Å². The normalized spacial score (nSPS) is 8.56. The summed E-state index contributed by atoms with van der Waals surface area (Å²) in [6.45, 7) is 0. The van der Waals surface area contributed by atoms with E-state index in [9.17, 15) is 4.79 Å². The van der Waals surface area contributed by atoms with Crippen molar-refractivity contribution in [1.29, 1.82) is 0 Å². The van der Waals surface area contributed by atoms with Crippen molar-refractivity contribution >= 4 is 38.3 Å². The van der Waals surface area contributed by atoms with Gasteiger partial charge in [-0.3, -0.25) is 0 Å². The number of hydrogen-bond acceptors (Lipinski definition) is 3. The molecule has 0 aliphatic heterocycles. The third kappa shape index (κ3) is 1.48. The number of carbonyl (C=O) groups excluding carboxylic acids is 1. The fourth-order valence-corrected chi connectivity index (χ4v) is 1.69. The summed E-state index contributed by atoms with van der Waals surface area (Å²) in [7, 11) is 0. The van der Waals surface area contributed by atoms with Crippen molar-refractivity contribution in [3.8, 4) is 0 Å². The number of hydrogen-bond donors (Lipinski definition) is 0. The summed E-state index contributed by atoms with van der Waals surface area (Å²) in [4.78, 5) is 13.2. The van der Waals surface area contributed by atoms with Crippen molar-refractivity contribution < 1.29 is 4.79 Å². The summed E-state index contributed by atoms with van der Waals surface area (Å²) >= 11 is 4.60. The molecule has 9 heavy (non-hydrogen) atoms. The second-order valence-corrected chi connectivity index (χ2v) is 3.03. The van der Waals surface area contributed by atoms with Gasteiger partial charge in [-0.05, 0) is 27.4 Å². The van der Waals surface area contributed by atoms with E-state index in [-0.39, 0.29) is 0 Å². The first kappa shape index (κ1) is 6.68. The van der Waals surface area contributed by atoms with Crippen molar-refractivity contribution in [3.63, 3.8) is 0 Å². The molecule has 46 valence electrons. The molecule has 1 aromatic heterocycles. The van der Waals surface area contributed by atoms with Crippen LogP contribution in [0.1, 0.15) is 0 Å². The highest BCUT2D eigenvalue weighted by molar-refractivity contribution is 9.10. The smallest absolute Gasteiger partial charge is 0.211 e. The van der Waals surface area contributed by atoms with Crippen LogP contribution >= 0.6 is 27.3 Å². The van der Waals surface area contributed by atoms with Crippen LogP contribution in [-0.4, -0.2) is 6.08 Å². The highest BCUT2D eigenvalue weighted by Crippen LogP contribution is 2.30. The zero-order chi connectivity index (χ0) is 6.69. The summed E-state index contributed by atoms with van der Waals surface area (Å²) in [6, 6.07) is 1.83. The molecule has 1 heterocycles. The van der Waals surface area contributed by atoms with E-state index < -0.39 is 0 Å². The zero-order valence-electron chi connectivity index (χ0n) is 4.30. The number of aliphatic imine (C=N–C) groups is 1. The summed E-state index contributed by atoms with van der Waals surface area (Å²) in [5.41, 5.74) is 0. The van der Waals surface area contributed by atoms with Crippen molar-refractivity contribution in [2.75, 3.05) is 0 Å². The molecule has 0 bridgehead atoms. The van der Waals surface area contributed by atoms with Gasteiger partial charge in [-0.2, -0.15) is 4.99 Å². The first-order valence-corrected chi connectivity index (χ1v) is 3.82. The van der Waals surface area contributed by atoms with Crippen LogP contribution in [0.4, 0.5) is 5.00 Å². The lowest BCUT2D eigenvalue weighted by Gasteiger charge is -1.78. The van der Waals surface area contributed by atoms with Crippen LogP contribution in [0.3, 0.4) is 0 Å². The molecule has 2 nitrogen and oxygen atoms in total. The van der Waals surface area contributed by atoms with Crippen LogP contribution in [0.5, 0.6) is 0 Å². The van der Waals surface area contributed by atoms with Crippen LogP contribution in [0.25, 0.3) is 0 Å². The van der Waals surface area contributed by atoms with Gasteiger partial charge in [-0.15, -0.1) is 11.3 Å². The summed E-state index contributed by atoms with van der Waals surface area (Å²) in [6.07, 6.45) is 1.47. The molecule has 0 saturated carbocycles. The molecule has 0 amide bonds. The Kier molecular flexibility index (Phi) is 2.16. The molecule has 0 fully saturated rings. The standard InChI is InChI=1S/C5H2BrNOS/c6-4-1-2-9-5(4)7-3-8/h1-2H. The average Bonchev–Trinajstić information content (AvgIpc) is 2.18. The minimum Gasteiger partial charge on any atom is -0.211 e. The van der Waals surface area contributed by atoms with Crippen LogP contribution in [0.15, 0.2) is 20.9 Å². The van der Waals surface area contributed by atoms with E-state index in [2.05, 4.69) is 20.9 Å². The molecular weight excluding hydrogens is 202 g/mol. The summed E-state index contributed by atoms with van der Waals surface area (Å²) in [5.74, 6) is 0. The monoisotopic (exact) mass is 203 g/mol. The first-order chi connectivity index (χ1) is 4.34. The quantitative estimate of drug-likeness (QED) is 0.510. The molecule has 0 radical (unpaired) electrons. The Balaban J connectivity index is 3.07. The van der Waals surface area contributed by atoms with Crippen molar-refractivity contribution in [3.05, 3.63) is 15.9 Å². The van der Waals surface area contributed by atoms with Gasteiger partial charge in [0.2, 0.25) is 6.08 Å². The molecule has 0 aromatic carbocycles. The van der Waals surface area contributed by atoms with E-state index in [1.165, 1.54) is 17.4 Å². The highest BCUT2D eigenvalue weighted by atomic mass is 79.9. The lowest BCUT2D eigenvalue weighted by Crippen LogP contribution is -1.51. The van der Waals surface area contributed by atoms with Gasteiger partial charge < -0.3 is 0 Å². The van der Waals surface area contributed by atoms with Gasteiger partial charge in [0.05, 0.1) is 4.47 Å². The van der Waals surface area contributed by atoms with Gasteiger partial charge in [0.25, 0.3) is 0 Å². The number of rotatable bonds is 1. The third-order valence-corrected chi connectivity index (χ3v) is 2.45. The Morgan fingerprint density at radius 1 is 1.78 bits per heavy atom. The predicted molar refractivity (Wildman–Crippen MR) is 39.8 cm³/mol. The van der Waals surface area contributed by atoms with Crippen molar-refractivity contribution in [1.82, 2.24) is 0 Å². The highest BCUT2D eigenvalue weighted by Gasteiger charge is 1.95. The zero-order valence-corrected chi connectivity index (χ0v) is 6.70. The molecule has 0 unspecified atom stereocenters. The van der Waals surface area contributed by atoms with Crippen LogP contribution in [0.2, 0.25) is 0 Å². The van der Waals surface area contributed by atoms with Crippen LogP contribution in [0, 0.1) is 0 Å². The fraction of sp³-hybridized carbons (Fsp3) is 0. The maximum absolute atomic E-state index is 9.72. The number of thiophene rings is 1. The van der Waals surface area contributed by atoms with Gasteiger partial charge in [0.1, 0.15) is 5.00 Å². The molecule has 0 N–H and O–H groups in total. The van der Waals surface area contributed by atoms with E-state index in [1.54, 1.807) is 0 Å². The predicted octanol–water partition coefficient (Wildman–Crippen LogP) is 2.48. The Morgan fingerprint density at radius 3 is 3.00 bits per heavy atom. The maximum atomic E-state index is 9.72. The Hall–Kier alpha value is -0.440. The SMILES string of the molecule is O=C=Nc1sccc1Br. The van der Waals surface area contributed by atoms with Gasteiger partial charge in [-0.25, -0.2) is 4.79 Å². The maximum Gasteiger partial charge on any atom is 0.241 e. The number of halogens is 1. The molecule has 0 atom stereocenters. The minimum atomic E-state index is 0.671. The first-order valence-electron chi connectivity index (χ1n) is 2.15. The topological polar surface area (TPSA) is 29.4 Å². The van der Waals surface area contributed by atoms with Gasteiger partial charge in [0, 0.05) is 0 Å². The van der Waals surface area contributed by atoms with Crippen molar-refractivity contribution in [2.45, 2.75) is 0 Å². The van der Waals surface area contributed by atoms with Crippen LogP contribution in [-0.2, 0) is 4.79 Å². The van der Waals surface area contributed by atoms with E-state index >= 15 is 0 Å². The molecule has 0 saturated heterocycles. The molecule has 0 aliphatic carbocycles. The fourth-order valence-electron chi connectivity index (χ4n) is 0.407. The summed E-state index contributed by atoms with van der Waals surface area (Å²) in [5, 5.41) is 2.52. The summed E-state index contributed by atoms with van der Waals surface area (Å²) < 4.78 is 0.843. The molecule has 1 rings (SSSR count). The lowest BCUT2D eigenvalue weighted by molar-refractivity contribution is 0.565. The van der Waals surface area contributed by atoms with Gasteiger partial charge >= 0.3 is 0 Å². The lowest BCUT2D eigenvalue weighted by atomic mass is 10.6. The molecular formula is C5H2BrNOS. The number of isocyanates is 1. The Morgan fingerprint density at radius 2 is 2.56 bits per heavy atom. The van der Waals surface area contributed by atoms with Gasteiger partial charge in [-0.1, -0.05) is 0 Å². The van der Waals surface area contributed by atoms with E-state index in [0.29, 0.717) is 5.00 Å². The Bertz CT molecular complexity index is 251. The largest absolute Gasteiger partial charge is 0.241 e. The molecule has 0 spiro atoms. The molecule has 4 heteroatoms. The van der Waals surface area contributed by atoms with Gasteiger partial charge in [0.15, 0.2) is 0 Å². The second kappa shape index (κ2) is 2.92. The Labute approximate surface area is 64.4 Å².